The van der Waals surface area contributed by atoms with E-state index >= 15 is 0 Å². The smallest absolute Gasteiger partial charge is 0.287 e. The van der Waals surface area contributed by atoms with Gasteiger partial charge in [0.2, 0.25) is 0 Å². The lowest BCUT2D eigenvalue weighted by Gasteiger charge is -2.15. The van der Waals surface area contributed by atoms with Gasteiger partial charge in [-0.2, -0.15) is 0 Å². The number of furan rings is 1. The number of carbonyl (C=O) groups excluding carboxylic acids is 1. The van der Waals surface area contributed by atoms with E-state index in [-0.39, 0.29) is 11.9 Å². The molecule has 2 rings (SSSR count). The first-order chi connectivity index (χ1) is 9.24. The molecular formula is C14H16ClNO3. The van der Waals surface area contributed by atoms with Crippen molar-refractivity contribution in [1.82, 2.24) is 5.32 Å². The standard InChI is InChI=1S/C14H16ClNO3/c1-18-9-11(6-7-15)16-14(17)13-8-10-4-2-3-5-12(10)19-13/h2-5,8,11H,6-7,9H2,1H3,(H,16,17). The number of amides is 1. The largest absolute Gasteiger partial charge is 0.451 e. The number of rotatable bonds is 6. The van der Waals surface area contributed by atoms with E-state index < -0.39 is 0 Å². The highest BCUT2D eigenvalue weighted by atomic mass is 35.5. The molecule has 102 valence electrons. The average Bonchev–Trinajstić information content (AvgIpc) is 2.83. The van der Waals surface area contributed by atoms with Crippen LogP contribution in [0.25, 0.3) is 11.0 Å². The molecule has 1 aromatic heterocycles. The minimum absolute atomic E-state index is 0.108. The zero-order valence-electron chi connectivity index (χ0n) is 10.7. The van der Waals surface area contributed by atoms with Crippen molar-refractivity contribution in [1.29, 1.82) is 0 Å². The molecule has 0 bridgehead atoms. The highest BCUT2D eigenvalue weighted by Crippen LogP contribution is 2.18. The van der Waals surface area contributed by atoms with Crippen molar-refractivity contribution in [3.63, 3.8) is 0 Å². The Balaban J connectivity index is 2.09. The summed E-state index contributed by atoms with van der Waals surface area (Å²) in [6.45, 7) is 0.429. The lowest BCUT2D eigenvalue weighted by atomic mass is 10.2. The van der Waals surface area contributed by atoms with Gasteiger partial charge in [0, 0.05) is 18.4 Å². The molecule has 1 N–H and O–H groups in total. The van der Waals surface area contributed by atoms with Gasteiger partial charge in [-0.15, -0.1) is 11.6 Å². The van der Waals surface area contributed by atoms with Crippen LogP contribution < -0.4 is 5.32 Å². The molecule has 1 heterocycles. The summed E-state index contributed by atoms with van der Waals surface area (Å²) < 4.78 is 10.5. The highest BCUT2D eigenvalue weighted by molar-refractivity contribution is 6.17. The molecule has 0 aliphatic carbocycles. The average molecular weight is 282 g/mol. The number of para-hydroxylation sites is 1. The predicted molar refractivity (Wildman–Crippen MR) is 74.7 cm³/mol. The van der Waals surface area contributed by atoms with Gasteiger partial charge < -0.3 is 14.5 Å². The van der Waals surface area contributed by atoms with E-state index in [2.05, 4.69) is 5.32 Å². The van der Waals surface area contributed by atoms with Crippen LogP contribution in [0.1, 0.15) is 17.0 Å². The van der Waals surface area contributed by atoms with Crippen LogP contribution in [0, 0.1) is 0 Å². The Hall–Kier alpha value is -1.52. The summed E-state index contributed by atoms with van der Waals surface area (Å²) in [4.78, 5) is 12.1. The normalized spacial score (nSPS) is 12.5. The van der Waals surface area contributed by atoms with Gasteiger partial charge >= 0.3 is 0 Å². The van der Waals surface area contributed by atoms with Gasteiger partial charge in [-0.25, -0.2) is 0 Å². The SMILES string of the molecule is COCC(CCCl)NC(=O)c1cc2ccccc2o1. The summed E-state index contributed by atoms with van der Waals surface area (Å²) in [7, 11) is 1.59. The van der Waals surface area contributed by atoms with Gasteiger partial charge in [0.1, 0.15) is 5.58 Å². The van der Waals surface area contributed by atoms with E-state index in [0.717, 1.165) is 5.39 Å². The Morgan fingerprint density at radius 1 is 1.47 bits per heavy atom. The summed E-state index contributed by atoms with van der Waals surface area (Å²) in [5.74, 6) is 0.522. The van der Waals surface area contributed by atoms with Crippen LogP contribution in [0.15, 0.2) is 34.7 Å². The van der Waals surface area contributed by atoms with Gasteiger partial charge in [-0.1, -0.05) is 18.2 Å². The molecule has 0 radical (unpaired) electrons. The second-order valence-electron chi connectivity index (χ2n) is 4.25. The fourth-order valence-electron chi connectivity index (χ4n) is 1.88. The highest BCUT2D eigenvalue weighted by Gasteiger charge is 2.16. The number of benzene rings is 1. The van der Waals surface area contributed by atoms with Gasteiger partial charge in [-0.3, -0.25) is 4.79 Å². The maximum Gasteiger partial charge on any atom is 0.287 e. The van der Waals surface area contributed by atoms with Gasteiger partial charge in [-0.05, 0) is 18.6 Å². The van der Waals surface area contributed by atoms with Crippen molar-refractivity contribution in [3.05, 3.63) is 36.1 Å². The maximum atomic E-state index is 12.1. The molecule has 0 aliphatic rings. The van der Waals surface area contributed by atoms with Crippen molar-refractivity contribution in [2.24, 2.45) is 0 Å². The fourth-order valence-corrected chi connectivity index (χ4v) is 2.14. The monoisotopic (exact) mass is 281 g/mol. The van der Waals surface area contributed by atoms with E-state index in [1.54, 1.807) is 13.2 Å². The van der Waals surface area contributed by atoms with E-state index in [0.29, 0.717) is 30.3 Å². The van der Waals surface area contributed by atoms with Crippen LogP contribution in [0.3, 0.4) is 0 Å². The van der Waals surface area contributed by atoms with Crippen LogP contribution in [-0.4, -0.2) is 31.5 Å². The molecule has 19 heavy (non-hydrogen) atoms. The summed E-state index contributed by atoms with van der Waals surface area (Å²) in [6.07, 6.45) is 0.654. The minimum atomic E-state index is -0.247. The molecular weight excluding hydrogens is 266 g/mol. The number of hydrogen-bond acceptors (Lipinski definition) is 3. The number of fused-ring (bicyclic) bond motifs is 1. The predicted octanol–water partition coefficient (Wildman–Crippen LogP) is 2.81. The Labute approximate surface area is 116 Å². The van der Waals surface area contributed by atoms with Crippen LogP contribution in [0.2, 0.25) is 0 Å². The Morgan fingerprint density at radius 2 is 2.26 bits per heavy atom. The molecule has 0 fully saturated rings. The lowest BCUT2D eigenvalue weighted by Crippen LogP contribution is -2.38. The third kappa shape index (κ3) is 3.49. The van der Waals surface area contributed by atoms with E-state index in [1.165, 1.54) is 0 Å². The Morgan fingerprint density at radius 3 is 2.95 bits per heavy atom. The maximum absolute atomic E-state index is 12.1. The molecule has 1 atom stereocenters. The molecule has 0 aliphatic heterocycles. The lowest BCUT2D eigenvalue weighted by molar-refractivity contribution is 0.0870. The quantitative estimate of drug-likeness (QED) is 0.829. The summed E-state index contributed by atoms with van der Waals surface area (Å²) in [6, 6.07) is 9.13. The minimum Gasteiger partial charge on any atom is -0.451 e. The Bertz CT molecular complexity index is 513. The Kier molecular flexibility index (Phi) is 4.82. The summed E-state index contributed by atoms with van der Waals surface area (Å²) in [5.41, 5.74) is 0.702. The first-order valence-electron chi connectivity index (χ1n) is 6.09. The van der Waals surface area contributed by atoms with Crippen molar-refractivity contribution in [2.45, 2.75) is 12.5 Å². The molecule has 0 spiro atoms. The second-order valence-corrected chi connectivity index (χ2v) is 4.63. The summed E-state index contributed by atoms with van der Waals surface area (Å²) >= 11 is 5.70. The van der Waals surface area contributed by atoms with Crippen LogP contribution in [0.5, 0.6) is 0 Å². The second kappa shape index (κ2) is 6.59. The molecule has 5 heteroatoms. The molecule has 4 nitrogen and oxygen atoms in total. The molecule has 1 unspecified atom stereocenters. The van der Waals surface area contributed by atoms with Gasteiger partial charge in [0.05, 0.1) is 12.6 Å². The fraction of sp³-hybridized carbons (Fsp3) is 0.357. The molecule has 1 aromatic carbocycles. The van der Waals surface area contributed by atoms with E-state index in [4.69, 9.17) is 20.8 Å². The van der Waals surface area contributed by atoms with Gasteiger partial charge in [0.25, 0.3) is 5.91 Å². The number of alkyl halides is 1. The van der Waals surface area contributed by atoms with Crippen molar-refractivity contribution >= 4 is 28.5 Å². The number of hydrogen-bond donors (Lipinski definition) is 1. The molecule has 2 aromatic rings. The van der Waals surface area contributed by atoms with Crippen LogP contribution in [0.4, 0.5) is 0 Å². The number of ether oxygens (including phenoxy) is 1. The number of carbonyl (C=O) groups is 1. The summed E-state index contributed by atoms with van der Waals surface area (Å²) in [5, 5.41) is 3.76. The van der Waals surface area contributed by atoms with Crippen molar-refractivity contribution < 1.29 is 13.9 Å². The van der Waals surface area contributed by atoms with E-state index in [1.807, 2.05) is 24.3 Å². The molecule has 1 amide bonds. The van der Waals surface area contributed by atoms with Gasteiger partial charge in [0.15, 0.2) is 5.76 Å². The van der Waals surface area contributed by atoms with Crippen molar-refractivity contribution in [3.8, 4) is 0 Å². The number of halogens is 1. The number of methoxy groups -OCH3 is 1. The zero-order chi connectivity index (χ0) is 13.7. The first kappa shape index (κ1) is 13.9. The first-order valence-corrected chi connectivity index (χ1v) is 6.62. The third-order valence-electron chi connectivity index (χ3n) is 2.81. The van der Waals surface area contributed by atoms with E-state index in [9.17, 15) is 4.79 Å². The van der Waals surface area contributed by atoms with Crippen molar-refractivity contribution in [2.75, 3.05) is 19.6 Å². The molecule has 0 saturated carbocycles. The number of nitrogens with one attached hydrogen (secondary N) is 1. The zero-order valence-corrected chi connectivity index (χ0v) is 11.4. The van der Waals surface area contributed by atoms with Crippen LogP contribution >= 0.6 is 11.6 Å². The third-order valence-corrected chi connectivity index (χ3v) is 3.03. The van der Waals surface area contributed by atoms with Crippen LogP contribution in [-0.2, 0) is 4.74 Å². The molecule has 0 saturated heterocycles. The topological polar surface area (TPSA) is 51.5 Å².